The number of carbonyl (C=O) groups is 2. The van der Waals surface area contributed by atoms with Crippen molar-refractivity contribution in [2.75, 3.05) is 30.3 Å². The van der Waals surface area contributed by atoms with Gasteiger partial charge in [0.05, 0.1) is 6.54 Å². The van der Waals surface area contributed by atoms with Crippen molar-refractivity contribution in [1.82, 2.24) is 4.90 Å². The highest BCUT2D eigenvalue weighted by Crippen LogP contribution is 2.20. The van der Waals surface area contributed by atoms with Gasteiger partial charge in [-0.15, -0.1) is 24.8 Å². The van der Waals surface area contributed by atoms with Crippen LogP contribution in [0.15, 0.2) is 54.6 Å². The zero-order valence-electron chi connectivity index (χ0n) is 16.2. The van der Waals surface area contributed by atoms with Gasteiger partial charge in [-0.3, -0.25) is 14.5 Å². The lowest BCUT2D eigenvalue weighted by atomic mass is 9.96. The van der Waals surface area contributed by atoms with Crippen LogP contribution < -0.4 is 16.4 Å². The molecule has 2 amide bonds. The fourth-order valence-corrected chi connectivity index (χ4v) is 3.32. The van der Waals surface area contributed by atoms with Crippen molar-refractivity contribution in [1.29, 1.82) is 0 Å². The summed E-state index contributed by atoms with van der Waals surface area (Å²) in [5.41, 5.74) is 8.24. The van der Waals surface area contributed by atoms with Crippen LogP contribution in [0.3, 0.4) is 0 Å². The number of hydrogen-bond acceptors (Lipinski definition) is 4. The van der Waals surface area contributed by atoms with Crippen LogP contribution in [0.4, 0.5) is 11.4 Å². The van der Waals surface area contributed by atoms with Crippen LogP contribution in [-0.4, -0.2) is 36.3 Å². The predicted molar refractivity (Wildman–Crippen MR) is 122 cm³/mol. The van der Waals surface area contributed by atoms with Crippen LogP contribution in [-0.2, 0) is 16.1 Å². The Bertz CT molecular complexity index is 781. The Labute approximate surface area is 184 Å². The number of nitrogens with one attached hydrogen (secondary N) is 2. The number of piperidine rings is 1. The zero-order chi connectivity index (χ0) is 19.1. The van der Waals surface area contributed by atoms with Crippen molar-refractivity contribution >= 4 is 48.0 Å². The van der Waals surface area contributed by atoms with E-state index in [1.54, 1.807) is 0 Å². The van der Waals surface area contributed by atoms with Crippen molar-refractivity contribution in [3.63, 3.8) is 0 Å². The molecule has 1 saturated heterocycles. The number of carbonyl (C=O) groups excluding carboxylic acids is 2. The maximum Gasteiger partial charge on any atom is 0.243 e. The molecule has 2 aromatic carbocycles. The number of benzene rings is 2. The molecule has 4 N–H and O–H groups in total. The van der Waals surface area contributed by atoms with E-state index in [1.165, 1.54) is 0 Å². The van der Waals surface area contributed by atoms with E-state index in [1.807, 2.05) is 48.5 Å². The molecule has 0 atom stereocenters. The number of rotatable bonds is 7. The third-order valence-electron chi connectivity index (χ3n) is 4.83. The number of primary amides is 1. The number of hydrogen-bond donors (Lipinski definition) is 3. The molecule has 1 heterocycles. The molecule has 3 rings (SSSR count). The maximum absolute atomic E-state index is 12.2. The summed E-state index contributed by atoms with van der Waals surface area (Å²) in [6, 6.07) is 17.5. The van der Waals surface area contributed by atoms with Crippen molar-refractivity contribution in [2.45, 2.75) is 19.4 Å². The summed E-state index contributed by atoms with van der Waals surface area (Å²) in [6.07, 6.45) is 1.63. The first-order chi connectivity index (χ1) is 13.1. The summed E-state index contributed by atoms with van der Waals surface area (Å²) in [6.45, 7) is 2.75. The average molecular weight is 439 g/mol. The highest BCUT2D eigenvalue weighted by molar-refractivity contribution is 5.93. The number of nitrogens with zero attached hydrogens (tertiary/aromatic N) is 1. The average Bonchev–Trinajstić information content (AvgIpc) is 2.68. The van der Waals surface area contributed by atoms with Gasteiger partial charge in [0.25, 0.3) is 0 Å². The molecule has 29 heavy (non-hydrogen) atoms. The first-order valence-electron chi connectivity index (χ1n) is 9.29. The summed E-state index contributed by atoms with van der Waals surface area (Å²) < 4.78 is 0. The van der Waals surface area contributed by atoms with Gasteiger partial charge in [0, 0.05) is 23.8 Å². The van der Waals surface area contributed by atoms with E-state index in [9.17, 15) is 9.59 Å². The summed E-state index contributed by atoms with van der Waals surface area (Å²) >= 11 is 0. The van der Waals surface area contributed by atoms with E-state index >= 15 is 0 Å². The molecule has 0 unspecified atom stereocenters. The van der Waals surface area contributed by atoms with Crippen molar-refractivity contribution < 1.29 is 9.59 Å². The van der Waals surface area contributed by atoms with Gasteiger partial charge in [-0.25, -0.2) is 0 Å². The lowest BCUT2D eigenvalue weighted by molar-refractivity contribution is -0.123. The molecule has 0 aliphatic carbocycles. The minimum atomic E-state index is -0.191. The normalized spacial score (nSPS) is 14.2. The summed E-state index contributed by atoms with van der Waals surface area (Å²) in [7, 11) is 0. The Hall–Kier alpha value is -2.28. The Kier molecular flexibility index (Phi) is 10.5. The lowest BCUT2D eigenvalue weighted by Crippen LogP contribution is -2.38. The van der Waals surface area contributed by atoms with Gasteiger partial charge in [0.15, 0.2) is 0 Å². The molecule has 0 saturated carbocycles. The first-order valence-corrected chi connectivity index (χ1v) is 9.29. The third-order valence-corrected chi connectivity index (χ3v) is 4.83. The van der Waals surface area contributed by atoms with E-state index < -0.39 is 0 Å². The fraction of sp³-hybridized carbons (Fsp3) is 0.333. The van der Waals surface area contributed by atoms with Crippen LogP contribution in [0.25, 0.3) is 0 Å². The topological polar surface area (TPSA) is 87.5 Å². The monoisotopic (exact) mass is 438 g/mol. The summed E-state index contributed by atoms with van der Waals surface area (Å²) in [4.78, 5) is 25.7. The Balaban J connectivity index is 0.00000210. The number of likely N-dealkylation sites (tertiary alicyclic amines) is 1. The van der Waals surface area contributed by atoms with E-state index in [2.05, 4.69) is 21.6 Å². The molecule has 1 aliphatic rings. The van der Waals surface area contributed by atoms with Crippen molar-refractivity contribution in [2.24, 2.45) is 11.7 Å². The number of para-hydroxylation sites is 1. The second-order valence-electron chi connectivity index (χ2n) is 6.92. The van der Waals surface area contributed by atoms with Gasteiger partial charge < -0.3 is 16.4 Å². The fourth-order valence-electron chi connectivity index (χ4n) is 3.32. The predicted octanol–water partition coefficient (Wildman–Crippen LogP) is 3.28. The number of anilines is 2. The Morgan fingerprint density at radius 3 is 2.28 bits per heavy atom. The SMILES string of the molecule is Cl.Cl.NC(=O)C1CCN(Cc2cccc(NC(=O)CNc3ccccc3)c2)CC1. The molecule has 1 fully saturated rings. The standard InChI is InChI=1S/C21H26N4O2.2ClH/c22-21(27)17-9-11-25(12-10-17)15-16-5-4-8-19(13-16)24-20(26)14-23-18-6-2-1-3-7-18;;/h1-8,13,17,23H,9-12,14-15H2,(H2,22,27)(H,24,26);2*1H. The number of amides is 2. The third kappa shape index (κ3) is 7.93. The van der Waals surface area contributed by atoms with Crippen LogP contribution in [0.5, 0.6) is 0 Å². The van der Waals surface area contributed by atoms with Crippen LogP contribution in [0.2, 0.25) is 0 Å². The molecule has 158 valence electrons. The van der Waals surface area contributed by atoms with E-state index in [0.29, 0.717) is 0 Å². The van der Waals surface area contributed by atoms with Crippen LogP contribution >= 0.6 is 24.8 Å². The maximum atomic E-state index is 12.2. The smallest absolute Gasteiger partial charge is 0.243 e. The Morgan fingerprint density at radius 2 is 1.62 bits per heavy atom. The van der Waals surface area contributed by atoms with Gasteiger partial charge in [-0.1, -0.05) is 30.3 Å². The van der Waals surface area contributed by atoms with Crippen LogP contribution in [0, 0.1) is 5.92 Å². The van der Waals surface area contributed by atoms with E-state index in [0.717, 1.165) is 49.4 Å². The molecular weight excluding hydrogens is 411 g/mol. The molecule has 8 heteroatoms. The minimum Gasteiger partial charge on any atom is -0.376 e. The molecule has 0 radical (unpaired) electrons. The Morgan fingerprint density at radius 1 is 0.966 bits per heavy atom. The summed E-state index contributed by atoms with van der Waals surface area (Å²) in [5, 5.41) is 6.03. The molecule has 2 aromatic rings. The molecule has 6 nitrogen and oxygen atoms in total. The first kappa shape index (κ1) is 24.8. The zero-order valence-corrected chi connectivity index (χ0v) is 17.8. The number of halogens is 2. The quantitative estimate of drug-likeness (QED) is 0.618. The van der Waals surface area contributed by atoms with Crippen molar-refractivity contribution in [3.8, 4) is 0 Å². The lowest BCUT2D eigenvalue weighted by Gasteiger charge is -2.30. The van der Waals surface area contributed by atoms with E-state index in [4.69, 9.17) is 5.73 Å². The minimum absolute atomic E-state index is 0. The highest BCUT2D eigenvalue weighted by Gasteiger charge is 2.22. The second kappa shape index (κ2) is 12.3. The van der Waals surface area contributed by atoms with Gasteiger partial charge in [0.2, 0.25) is 11.8 Å². The highest BCUT2D eigenvalue weighted by atomic mass is 35.5. The molecule has 0 bridgehead atoms. The molecular formula is C21H28Cl2N4O2. The van der Waals surface area contributed by atoms with E-state index in [-0.39, 0.29) is 49.1 Å². The van der Waals surface area contributed by atoms with Crippen LogP contribution in [0.1, 0.15) is 18.4 Å². The molecule has 1 aliphatic heterocycles. The van der Waals surface area contributed by atoms with Gasteiger partial charge in [-0.2, -0.15) is 0 Å². The van der Waals surface area contributed by atoms with Crippen molar-refractivity contribution in [3.05, 3.63) is 60.2 Å². The van der Waals surface area contributed by atoms with Gasteiger partial charge in [0.1, 0.15) is 0 Å². The number of nitrogens with two attached hydrogens (primary N) is 1. The molecule has 0 aromatic heterocycles. The van der Waals surface area contributed by atoms with Gasteiger partial charge in [-0.05, 0) is 55.8 Å². The second-order valence-corrected chi connectivity index (χ2v) is 6.92. The van der Waals surface area contributed by atoms with Gasteiger partial charge >= 0.3 is 0 Å². The largest absolute Gasteiger partial charge is 0.376 e. The molecule has 0 spiro atoms. The summed E-state index contributed by atoms with van der Waals surface area (Å²) in [5.74, 6) is -0.272.